The minimum Gasteiger partial charge on any atom is -0.460 e. The smallest absolute Gasteiger partial charge is 0.308 e. The van der Waals surface area contributed by atoms with Crippen molar-refractivity contribution in [2.75, 3.05) is 6.61 Å². The van der Waals surface area contributed by atoms with Crippen molar-refractivity contribution in [3.05, 3.63) is 0 Å². The van der Waals surface area contributed by atoms with Crippen molar-refractivity contribution < 1.29 is 14.3 Å². The first-order valence-electron chi connectivity index (χ1n) is 3.67. The summed E-state index contributed by atoms with van der Waals surface area (Å²) in [5.41, 5.74) is 0. The van der Waals surface area contributed by atoms with Gasteiger partial charge in [0.2, 0.25) is 0 Å². The molecule has 0 spiro atoms. The molecule has 10 heavy (non-hydrogen) atoms. The first-order chi connectivity index (χ1) is 4.86. The van der Waals surface area contributed by atoms with E-state index in [1.165, 1.54) is 0 Å². The van der Waals surface area contributed by atoms with E-state index in [0.717, 1.165) is 19.4 Å². The number of carbonyl (C=O) groups is 1. The van der Waals surface area contributed by atoms with Gasteiger partial charge in [-0.3, -0.25) is 4.79 Å². The average molecular weight is 142 g/mol. The van der Waals surface area contributed by atoms with Gasteiger partial charge in [-0.25, -0.2) is 0 Å². The second-order valence-corrected chi connectivity index (χ2v) is 2.78. The summed E-state index contributed by atoms with van der Waals surface area (Å²) in [5.74, 6) is -0.100. The van der Waals surface area contributed by atoms with Gasteiger partial charge < -0.3 is 9.47 Å². The maximum Gasteiger partial charge on any atom is 0.308 e. The van der Waals surface area contributed by atoms with E-state index in [9.17, 15) is 4.79 Å². The van der Waals surface area contributed by atoms with Crippen LogP contribution in [0.1, 0.15) is 19.3 Å². The second-order valence-electron chi connectivity index (χ2n) is 2.78. The molecule has 0 aromatic rings. The maximum atomic E-state index is 10.7. The van der Waals surface area contributed by atoms with Crippen LogP contribution in [0.15, 0.2) is 0 Å². The topological polar surface area (TPSA) is 35.5 Å². The predicted molar refractivity (Wildman–Crippen MR) is 33.5 cm³/mol. The average Bonchev–Trinajstić information content (AvgIpc) is 2.27. The lowest BCUT2D eigenvalue weighted by Gasteiger charge is -2.22. The summed E-state index contributed by atoms with van der Waals surface area (Å²) in [5, 5.41) is 0. The number of hydrogen-bond acceptors (Lipinski definition) is 3. The van der Waals surface area contributed by atoms with Gasteiger partial charge >= 0.3 is 5.97 Å². The normalized spacial score (nSPS) is 39.0. The van der Waals surface area contributed by atoms with Crippen LogP contribution in [0, 0.1) is 0 Å². The summed E-state index contributed by atoms with van der Waals surface area (Å²) in [4.78, 5) is 10.7. The minimum absolute atomic E-state index is 0.0706. The Morgan fingerprint density at radius 1 is 1.40 bits per heavy atom. The highest BCUT2D eigenvalue weighted by Gasteiger charge is 2.37. The number of carbonyl (C=O) groups excluding carboxylic acids is 1. The Bertz CT molecular complexity index is 139. The van der Waals surface area contributed by atoms with Crippen molar-refractivity contribution >= 4 is 5.97 Å². The molecule has 0 bridgehead atoms. The van der Waals surface area contributed by atoms with Crippen molar-refractivity contribution in [1.82, 2.24) is 0 Å². The van der Waals surface area contributed by atoms with Gasteiger partial charge in [0.25, 0.3) is 0 Å². The number of fused-ring (bicyclic) bond motifs is 1. The molecule has 0 amide bonds. The monoisotopic (exact) mass is 142 g/mol. The lowest BCUT2D eigenvalue weighted by atomic mass is 10.1. The summed E-state index contributed by atoms with van der Waals surface area (Å²) >= 11 is 0. The Kier molecular flexibility index (Phi) is 1.38. The third-order valence-electron chi connectivity index (χ3n) is 2.03. The molecule has 2 atom stereocenters. The van der Waals surface area contributed by atoms with Crippen molar-refractivity contribution in [2.45, 2.75) is 31.5 Å². The lowest BCUT2D eigenvalue weighted by molar-refractivity contribution is -0.143. The highest BCUT2D eigenvalue weighted by Crippen LogP contribution is 2.25. The molecule has 0 radical (unpaired) electrons. The standard InChI is InChI=1S/C7H10O3/c8-7-4-6-5(10-7)2-1-3-9-6/h5-6H,1-4H2/t5-,6-/m0/s1. The zero-order chi connectivity index (χ0) is 6.97. The SMILES string of the molecule is O=C1C[C@@H]2OCCC[C@@H]2O1. The van der Waals surface area contributed by atoms with Gasteiger partial charge in [-0.1, -0.05) is 0 Å². The van der Waals surface area contributed by atoms with E-state index in [4.69, 9.17) is 9.47 Å². The van der Waals surface area contributed by atoms with Gasteiger partial charge in [0.05, 0.1) is 6.42 Å². The van der Waals surface area contributed by atoms with Crippen LogP contribution in [0.3, 0.4) is 0 Å². The predicted octanol–water partition coefficient (Wildman–Crippen LogP) is 0.481. The van der Waals surface area contributed by atoms with Crippen LogP contribution in [0.5, 0.6) is 0 Å². The molecule has 2 rings (SSSR count). The van der Waals surface area contributed by atoms with E-state index in [-0.39, 0.29) is 18.2 Å². The molecule has 2 aliphatic rings. The van der Waals surface area contributed by atoms with Crippen molar-refractivity contribution in [3.63, 3.8) is 0 Å². The fraction of sp³-hybridized carbons (Fsp3) is 0.857. The fourth-order valence-electron chi connectivity index (χ4n) is 1.52. The second kappa shape index (κ2) is 2.23. The van der Waals surface area contributed by atoms with Gasteiger partial charge in [-0.15, -0.1) is 0 Å². The van der Waals surface area contributed by atoms with Crippen LogP contribution in [-0.4, -0.2) is 24.8 Å². The molecule has 2 saturated heterocycles. The molecule has 2 aliphatic heterocycles. The van der Waals surface area contributed by atoms with Crippen LogP contribution < -0.4 is 0 Å². The third kappa shape index (κ3) is 0.904. The Balaban J connectivity index is 2.04. The molecule has 2 fully saturated rings. The first-order valence-corrected chi connectivity index (χ1v) is 3.67. The zero-order valence-corrected chi connectivity index (χ0v) is 5.71. The minimum atomic E-state index is -0.100. The molecule has 0 unspecified atom stereocenters. The summed E-state index contributed by atoms with van der Waals surface area (Å²) < 4.78 is 10.3. The van der Waals surface area contributed by atoms with Gasteiger partial charge in [0.1, 0.15) is 12.2 Å². The van der Waals surface area contributed by atoms with Gasteiger partial charge in [-0.2, -0.15) is 0 Å². The van der Waals surface area contributed by atoms with E-state index < -0.39 is 0 Å². The summed E-state index contributed by atoms with van der Waals surface area (Å²) in [6, 6.07) is 0. The number of rotatable bonds is 0. The number of ether oxygens (including phenoxy) is 2. The summed E-state index contributed by atoms with van der Waals surface area (Å²) in [7, 11) is 0. The molecular weight excluding hydrogens is 132 g/mol. The summed E-state index contributed by atoms with van der Waals surface area (Å²) in [6.07, 6.45) is 2.61. The van der Waals surface area contributed by atoms with Crippen LogP contribution >= 0.6 is 0 Å². The Hall–Kier alpha value is -0.570. The van der Waals surface area contributed by atoms with Crippen LogP contribution in [0.4, 0.5) is 0 Å². The van der Waals surface area contributed by atoms with E-state index in [2.05, 4.69) is 0 Å². The van der Waals surface area contributed by atoms with E-state index >= 15 is 0 Å². The van der Waals surface area contributed by atoms with Crippen molar-refractivity contribution in [1.29, 1.82) is 0 Å². The molecule has 0 aromatic carbocycles. The largest absolute Gasteiger partial charge is 0.460 e. The van der Waals surface area contributed by atoms with E-state index in [0.29, 0.717) is 6.42 Å². The molecule has 56 valence electrons. The molecule has 0 aliphatic carbocycles. The van der Waals surface area contributed by atoms with Gasteiger partial charge in [0.15, 0.2) is 0 Å². The molecule has 0 aromatic heterocycles. The third-order valence-corrected chi connectivity index (χ3v) is 2.03. The van der Waals surface area contributed by atoms with E-state index in [1.54, 1.807) is 0 Å². The Labute approximate surface area is 59.3 Å². The van der Waals surface area contributed by atoms with E-state index in [1.807, 2.05) is 0 Å². The first kappa shape index (κ1) is 6.16. The highest BCUT2D eigenvalue weighted by atomic mass is 16.6. The fourth-order valence-corrected chi connectivity index (χ4v) is 1.52. The van der Waals surface area contributed by atoms with Crippen LogP contribution in [0.25, 0.3) is 0 Å². The number of hydrogen-bond donors (Lipinski definition) is 0. The van der Waals surface area contributed by atoms with Crippen LogP contribution in [-0.2, 0) is 14.3 Å². The molecule has 0 N–H and O–H groups in total. The molecule has 3 nitrogen and oxygen atoms in total. The molecular formula is C7H10O3. The van der Waals surface area contributed by atoms with Gasteiger partial charge in [-0.05, 0) is 12.8 Å². The highest BCUT2D eigenvalue weighted by molar-refractivity contribution is 5.72. The quantitative estimate of drug-likeness (QED) is 0.461. The number of esters is 1. The summed E-state index contributed by atoms with van der Waals surface area (Å²) in [6.45, 7) is 0.789. The van der Waals surface area contributed by atoms with Crippen LogP contribution in [0.2, 0.25) is 0 Å². The van der Waals surface area contributed by atoms with Crippen molar-refractivity contribution in [2.24, 2.45) is 0 Å². The molecule has 3 heteroatoms. The molecule has 0 saturated carbocycles. The zero-order valence-electron chi connectivity index (χ0n) is 5.71. The Morgan fingerprint density at radius 3 is 3.10 bits per heavy atom. The van der Waals surface area contributed by atoms with Gasteiger partial charge in [0, 0.05) is 6.61 Å². The maximum absolute atomic E-state index is 10.7. The van der Waals surface area contributed by atoms with Crippen molar-refractivity contribution in [3.8, 4) is 0 Å². The Morgan fingerprint density at radius 2 is 2.30 bits per heavy atom. The molecule has 2 heterocycles. The lowest BCUT2D eigenvalue weighted by Crippen LogP contribution is -2.29.